The molecule has 1 amide bonds. The number of nitro benzene ring substituents is 2. The van der Waals surface area contributed by atoms with Gasteiger partial charge < -0.3 is 9.84 Å². The molecule has 0 heterocycles. The van der Waals surface area contributed by atoms with Crippen molar-refractivity contribution in [3.8, 4) is 11.5 Å². The molecule has 0 radical (unpaired) electrons. The maximum atomic E-state index is 11.6. The van der Waals surface area contributed by atoms with Crippen molar-refractivity contribution in [3.63, 3.8) is 0 Å². The van der Waals surface area contributed by atoms with Crippen LogP contribution in [0.2, 0.25) is 0 Å². The topological polar surface area (TPSA) is 157 Å². The average Bonchev–Trinajstić information content (AvgIpc) is 2.61. The zero-order chi connectivity index (χ0) is 19.1. The second kappa shape index (κ2) is 8.19. The summed E-state index contributed by atoms with van der Waals surface area (Å²) in [6.45, 7) is -0.516. The molecule has 134 valence electrons. The Bertz CT molecular complexity index is 882. The number of carbonyl (C=O) groups excluding carboxylic acids is 1. The van der Waals surface area contributed by atoms with E-state index in [1.165, 1.54) is 30.3 Å². The van der Waals surface area contributed by atoms with Gasteiger partial charge in [0.1, 0.15) is 0 Å². The minimum absolute atomic E-state index is 0.0641. The number of hydrogen-bond acceptors (Lipinski definition) is 8. The molecule has 26 heavy (non-hydrogen) atoms. The Morgan fingerprint density at radius 1 is 1.15 bits per heavy atom. The van der Waals surface area contributed by atoms with Crippen LogP contribution in [0.4, 0.5) is 11.4 Å². The Morgan fingerprint density at radius 3 is 2.54 bits per heavy atom. The van der Waals surface area contributed by atoms with E-state index in [4.69, 9.17) is 4.74 Å². The molecule has 0 unspecified atom stereocenters. The first-order valence-electron chi connectivity index (χ1n) is 7.04. The number of aromatic hydroxyl groups is 1. The van der Waals surface area contributed by atoms with Crippen molar-refractivity contribution in [1.29, 1.82) is 0 Å². The van der Waals surface area contributed by atoms with E-state index in [0.717, 1.165) is 18.3 Å². The monoisotopic (exact) mass is 360 g/mol. The standard InChI is InChI=1S/C15H12N4O7/c20-13-6-5-10(7-12(13)19(24)25)8-16-17-15(21)9-26-14-4-2-1-3-11(14)18(22)23/h1-8,20H,9H2,(H,17,21)/b16-8+. The summed E-state index contributed by atoms with van der Waals surface area (Å²) in [5.74, 6) is -1.24. The number of nitro groups is 2. The fraction of sp³-hybridized carbons (Fsp3) is 0.0667. The summed E-state index contributed by atoms with van der Waals surface area (Å²) in [6, 6.07) is 9.14. The first kappa shape index (κ1) is 18.3. The summed E-state index contributed by atoms with van der Waals surface area (Å²) >= 11 is 0. The average molecular weight is 360 g/mol. The van der Waals surface area contributed by atoms with Crippen LogP contribution in [0.25, 0.3) is 0 Å². The summed E-state index contributed by atoms with van der Waals surface area (Å²) < 4.78 is 5.08. The number of hydrogen-bond donors (Lipinski definition) is 2. The highest BCUT2D eigenvalue weighted by Crippen LogP contribution is 2.26. The van der Waals surface area contributed by atoms with Crippen molar-refractivity contribution in [2.24, 2.45) is 5.10 Å². The van der Waals surface area contributed by atoms with Crippen molar-refractivity contribution < 1.29 is 24.5 Å². The lowest BCUT2D eigenvalue weighted by atomic mass is 10.2. The first-order valence-corrected chi connectivity index (χ1v) is 7.04. The molecule has 2 rings (SSSR count). The summed E-state index contributed by atoms with van der Waals surface area (Å²) in [6.07, 6.45) is 1.13. The number of benzene rings is 2. The first-order chi connectivity index (χ1) is 12.4. The zero-order valence-electron chi connectivity index (χ0n) is 13.1. The van der Waals surface area contributed by atoms with Crippen LogP contribution in [0, 0.1) is 20.2 Å². The lowest BCUT2D eigenvalue weighted by molar-refractivity contribution is -0.386. The second-order valence-electron chi connectivity index (χ2n) is 4.81. The van der Waals surface area contributed by atoms with E-state index in [-0.39, 0.29) is 17.0 Å². The zero-order valence-corrected chi connectivity index (χ0v) is 13.1. The third-order valence-corrected chi connectivity index (χ3v) is 3.02. The minimum atomic E-state index is -0.758. The van der Waals surface area contributed by atoms with Gasteiger partial charge in [0.25, 0.3) is 5.91 Å². The highest BCUT2D eigenvalue weighted by molar-refractivity contribution is 5.84. The smallest absolute Gasteiger partial charge is 0.311 e. The van der Waals surface area contributed by atoms with Crippen LogP contribution in [-0.2, 0) is 4.79 Å². The molecule has 2 aromatic rings. The number of amides is 1. The van der Waals surface area contributed by atoms with E-state index in [1.54, 1.807) is 0 Å². The predicted molar refractivity (Wildman–Crippen MR) is 89.1 cm³/mol. The highest BCUT2D eigenvalue weighted by Gasteiger charge is 2.15. The van der Waals surface area contributed by atoms with E-state index in [0.29, 0.717) is 0 Å². The van der Waals surface area contributed by atoms with Gasteiger partial charge in [-0.25, -0.2) is 5.43 Å². The number of carbonyl (C=O) groups is 1. The fourth-order valence-corrected chi connectivity index (χ4v) is 1.85. The van der Waals surface area contributed by atoms with Gasteiger partial charge in [0, 0.05) is 17.7 Å². The van der Waals surface area contributed by atoms with Crippen molar-refractivity contribution in [1.82, 2.24) is 5.43 Å². The van der Waals surface area contributed by atoms with E-state index < -0.39 is 33.8 Å². The normalized spacial score (nSPS) is 10.5. The molecular weight excluding hydrogens is 348 g/mol. The third kappa shape index (κ3) is 4.74. The van der Waals surface area contributed by atoms with Crippen LogP contribution in [0.5, 0.6) is 11.5 Å². The molecule has 0 aromatic heterocycles. The van der Waals surface area contributed by atoms with Crippen LogP contribution < -0.4 is 10.2 Å². The molecule has 0 aliphatic carbocycles. The molecule has 11 heteroatoms. The Kier molecular flexibility index (Phi) is 5.77. The number of phenolic OH excluding ortho intramolecular Hbond substituents is 1. The molecule has 0 fully saturated rings. The maximum Gasteiger partial charge on any atom is 0.311 e. The Balaban J connectivity index is 1.93. The molecule has 2 aromatic carbocycles. The summed E-state index contributed by atoms with van der Waals surface area (Å²) in [5.41, 5.74) is 1.61. The number of rotatable bonds is 7. The largest absolute Gasteiger partial charge is 0.502 e. The summed E-state index contributed by atoms with van der Waals surface area (Å²) in [4.78, 5) is 31.8. The van der Waals surface area contributed by atoms with Crippen LogP contribution in [0.1, 0.15) is 5.56 Å². The molecular formula is C15H12N4O7. The SMILES string of the molecule is O=C(COc1ccccc1[N+](=O)[O-])N/N=C/c1ccc(O)c([N+](=O)[O-])c1. The van der Waals surface area contributed by atoms with Gasteiger partial charge >= 0.3 is 11.4 Å². The van der Waals surface area contributed by atoms with Gasteiger partial charge in [-0.1, -0.05) is 12.1 Å². The molecule has 0 bridgehead atoms. The second-order valence-corrected chi connectivity index (χ2v) is 4.81. The molecule has 0 atom stereocenters. The van der Waals surface area contributed by atoms with Crippen molar-refractivity contribution in [2.75, 3.05) is 6.61 Å². The minimum Gasteiger partial charge on any atom is -0.502 e. The van der Waals surface area contributed by atoms with E-state index >= 15 is 0 Å². The Hall–Kier alpha value is -4.02. The molecule has 0 saturated carbocycles. The van der Waals surface area contributed by atoms with Gasteiger partial charge in [0.05, 0.1) is 16.1 Å². The van der Waals surface area contributed by atoms with Gasteiger partial charge in [-0.2, -0.15) is 5.10 Å². The lowest BCUT2D eigenvalue weighted by Crippen LogP contribution is -2.24. The van der Waals surface area contributed by atoms with Crippen molar-refractivity contribution in [3.05, 3.63) is 68.3 Å². The number of para-hydroxylation sites is 2. The molecule has 2 N–H and O–H groups in total. The van der Waals surface area contributed by atoms with Crippen LogP contribution in [0.15, 0.2) is 47.6 Å². The third-order valence-electron chi connectivity index (χ3n) is 3.02. The Labute approximate surface area is 145 Å². The number of hydrazone groups is 1. The van der Waals surface area contributed by atoms with Gasteiger partial charge in [-0.3, -0.25) is 25.0 Å². The summed E-state index contributed by atoms with van der Waals surface area (Å²) in [7, 11) is 0. The van der Waals surface area contributed by atoms with Crippen molar-refractivity contribution in [2.45, 2.75) is 0 Å². The number of nitrogens with one attached hydrogen (secondary N) is 1. The van der Waals surface area contributed by atoms with Gasteiger partial charge in [0.2, 0.25) is 0 Å². The molecule has 0 aliphatic heterocycles. The number of phenols is 1. The maximum absolute atomic E-state index is 11.6. The quantitative estimate of drug-likeness (QED) is 0.432. The number of nitrogens with zero attached hydrogens (tertiary/aromatic N) is 3. The Morgan fingerprint density at radius 2 is 1.85 bits per heavy atom. The van der Waals surface area contributed by atoms with Gasteiger partial charge in [0.15, 0.2) is 18.1 Å². The van der Waals surface area contributed by atoms with Crippen LogP contribution >= 0.6 is 0 Å². The highest BCUT2D eigenvalue weighted by atomic mass is 16.6. The summed E-state index contributed by atoms with van der Waals surface area (Å²) in [5, 5.41) is 34.5. The van der Waals surface area contributed by atoms with Crippen LogP contribution in [-0.4, -0.2) is 33.7 Å². The van der Waals surface area contributed by atoms with Gasteiger partial charge in [-0.05, 0) is 18.2 Å². The molecule has 11 nitrogen and oxygen atoms in total. The van der Waals surface area contributed by atoms with E-state index in [1.807, 2.05) is 0 Å². The van der Waals surface area contributed by atoms with Crippen LogP contribution in [0.3, 0.4) is 0 Å². The van der Waals surface area contributed by atoms with Crippen molar-refractivity contribution >= 4 is 23.5 Å². The molecule has 0 saturated heterocycles. The van der Waals surface area contributed by atoms with E-state index in [9.17, 15) is 30.1 Å². The number of ether oxygens (including phenoxy) is 1. The predicted octanol–water partition coefficient (Wildman–Crippen LogP) is 1.74. The molecule has 0 spiro atoms. The fourth-order valence-electron chi connectivity index (χ4n) is 1.85. The van der Waals surface area contributed by atoms with Gasteiger partial charge in [-0.15, -0.1) is 0 Å². The lowest BCUT2D eigenvalue weighted by Gasteiger charge is -2.05. The van der Waals surface area contributed by atoms with E-state index in [2.05, 4.69) is 10.5 Å². The molecule has 0 aliphatic rings.